The van der Waals surface area contributed by atoms with E-state index >= 15 is 0 Å². The van der Waals surface area contributed by atoms with Gasteiger partial charge in [0.1, 0.15) is 0 Å². The summed E-state index contributed by atoms with van der Waals surface area (Å²) in [5, 5.41) is 0. The van der Waals surface area contributed by atoms with Crippen molar-refractivity contribution in [1.29, 1.82) is 0 Å². The summed E-state index contributed by atoms with van der Waals surface area (Å²) in [6.07, 6.45) is 7.21. The van der Waals surface area contributed by atoms with Gasteiger partial charge in [-0.3, -0.25) is 9.47 Å². The highest BCUT2D eigenvalue weighted by atomic mass is 16.1. The zero-order valence-corrected chi connectivity index (χ0v) is 11.8. The molecule has 2 bridgehead atoms. The molecule has 1 aromatic heterocycles. The van der Waals surface area contributed by atoms with Crippen molar-refractivity contribution in [3.05, 3.63) is 46.4 Å². The Balaban J connectivity index is 1.81. The first-order chi connectivity index (χ1) is 9.65. The van der Waals surface area contributed by atoms with Gasteiger partial charge in [0.25, 0.3) is 0 Å². The van der Waals surface area contributed by atoms with Crippen molar-refractivity contribution in [3.8, 4) is 0 Å². The molecule has 2 aromatic rings. The SMILES string of the molecule is CN1C2C=CC(c3ccc4c(c3)[nH]c(=O)n4C)C1CC2. The molecule has 4 nitrogen and oxygen atoms in total. The van der Waals surface area contributed by atoms with Gasteiger partial charge in [-0.2, -0.15) is 0 Å². The Kier molecular flexibility index (Phi) is 2.45. The van der Waals surface area contributed by atoms with E-state index in [0.717, 1.165) is 11.0 Å². The van der Waals surface area contributed by atoms with Gasteiger partial charge in [-0.1, -0.05) is 18.2 Å². The number of hydrogen-bond acceptors (Lipinski definition) is 2. The lowest BCUT2D eigenvalue weighted by atomic mass is 9.88. The second-order valence-electron chi connectivity index (χ2n) is 6.05. The van der Waals surface area contributed by atoms with Crippen LogP contribution in [0.2, 0.25) is 0 Å². The summed E-state index contributed by atoms with van der Waals surface area (Å²) in [4.78, 5) is 17.1. The molecule has 2 aliphatic heterocycles. The van der Waals surface area contributed by atoms with Gasteiger partial charge in [-0.15, -0.1) is 0 Å². The van der Waals surface area contributed by atoms with Crippen LogP contribution in [-0.2, 0) is 7.05 Å². The largest absolute Gasteiger partial charge is 0.326 e. The van der Waals surface area contributed by atoms with E-state index in [4.69, 9.17) is 0 Å². The van der Waals surface area contributed by atoms with E-state index in [1.807, 2.05) is 0 Å². The molecule has 3 heterocycles. The first-order valence-corrected chi connectivity index (χ1v) is 7.24. The highest BCUT2D eigenvalue weighted by Crippen LogP contribution is 2.39. The molecule has 0 saturated carbocycles. The molecule has 4 rings (SSSR count). The van der Waals surface area contributed by atoms with Gasteiger partial charge in [0.15, 0.2) is 0 Å². The number of aryl methyl sites for hydroxylation is 1. The molecule has 3 unspecified atom stereocenters. The molecule has 4 heteroatoms. The third-order valence-corrected chi connectivity index (χ3v) is 5.07. The molecule has 2 aliphatic rings. The summed E-state index contributed by atoms with van der Waals surface area (Å²) in [6.45, 7) is 0. The minimum atomic E-state index is -0.0469. The van der Waals surface area contributed by atoms with Crippen molar-refractivity contribution in [1.82, 2.24) is 14.5 Å². The number of nitrogens with zero attached hydrogens (tertiary/aromatic N) is 2. The topological polar surface area (TPSA) is 41.0 Å². The molecule has 0 spiro atoms. The summed E-state index contributed by atoms with van der Waals surface area (Å²) >= 11 is 0. The number of fused-ring (bicyclic) bond motifs is 3. The molecule has 1 fully saturated rings. The normalized spacial score (nSPS) is 29.4. The Morgan fingerprint density at radius 1 is 1.20 bits per heavy atom. The highest BCUT2D eigenvalue weighted by molar-refractivity contribution is 5.76. The van der Waals surface area contributed by atoms with Gasteiger partial charge in [0.05, 0.1) is 11.0 Å². The van der Waals surface area contributed by atoms with Crippen molar-refractivity contribution in [2.45, 2.75) is 30.8 Å². The molecule has 0 amide bonds. The predicted molar refractivity (Wildman–Crippen MR) is 80.0 cm³/mol. The van der Waals surface area contributed by atoms with Crippen molar-refractivity contribution in [2.24, 2.45) is 7.05 Å². The maximum atomic E-state index is 11.7. The third-order valence-electron chi connectivity index (χ3n) is 5.07. The molecule has 1 aromatic carbocycles. The number of likely N-dealkylation sites (N-methyl/N-ethyl adjacent to an activating group) is 1. The Labute approximate surface area is 117 Å². The molecule has 20 heavy (non-hydrogen) atoms. The molecule has 1 saturated heterocycles. The number of rotatable bonds is 1. The maximum absolute atomic E-state index is 11.7. The van der Waals surface area contributed by atoms with Crippen LogP contribution in [0.3, 0.4) is 0 Å². The fraction of sp³-hybridized carbons (Fsp3) is 0.438. The summed E-state index contributed by atoms with van der Waals surface area (Å²) in [6, 6.07) is 7.57. The zero-order chi connectivity index (χ0) is 13.9. The highest BCUT2D eigenvalue weighted by Gasteiger charge is 2.37. The molecule has 104 valence electrons. The van der Waals surface area contributed by atoms with Crippen LogP contribution in [0.25, 0.3) is 11.0 Å². The predicted octanol–water partition coefficient (Wildman–Crippen LogP) is 1.98. The third kappa shape index (κ3) is 1.54. The van der Waals surface area contributed by atoms with Gasteiger partial charge >= 0.3 is 5.69 Å². The van der Waals surface area contributed by atoms with Crippen molar-refractivity contribution in [3.63, 3.8) is 0 Å². The lowest BCUT2D eigenvalue weighted by Gasteiger charge is -2.33. The number of imidazole rings is 1. The molecular weight excluding hydrogens is 250 g/mol. The summed E-state index contributed by atoms with van der Waals surface area (Å²) in [5.41, 5.74) is 3.16. The lowest BCUT2D eigenvalue weighted by Crippen LogP contribution is -2.37. The van der Waals surface area contributed by atoms with Crippen LogP contribution < -0.4 is 5.69 Å². The van der Waals surface area contributed by atoms with Gasteiger partial charge in [-0.25, -0.2) is 4.79 Å². The van der Waals surface area contributed by atoms with Gasteiger partial charge < -0.3 is 4.98 Å². The first-order valence-electron chi connectivity index (χ1n) is 7.24. The lowest BCUT2D eigenvalue weighted by molar-refractivity contribution is 0.241. The van der Waals surface area contributed by atoms with E-state index in [9.17, 15) is 4.79 Å². The second-order valence-corrected chi connectivity index (χ2v) is 6.05. The Morgan fingerprint density at radius 2 is 2.05 bits per heavy atom. The standard InChI is InChI=1S/C16H19N3O/c1-18-11-4-6-12(14(18)8-5-11)10-3-7-15-13(9-10)17-16(20)19(15)2/h3-4,6-7,9,11-12,14H,5,8H2,1-2H3,(H,17,20). The Bertz CT molecular complexity index is 755. The van der Waals surface area contributed by atoms with E-state index in [2.05, 4.69) is 47.3 Å². The van der Waals surface area contributed by atoms with E-state index < -0.39 is 0 Å². The van der Waals surface area contributed by atoms with Crippen LogP contribution in [-0.4, -0.2) is 33.6 Å². The van der Waals surface area contributed by atoms with Crippen molar-refractivity contribution in [2.75, 3.05) is 7.05 Å². The average Bonchev–Trinajstić information content (AvgIpc) is 2.84. The van der Waals surface area contributed by atoms with Gasteiger partial charge in [0, 0.05) is 25.0 Å². The van der Waals surface area contributed by atoms with Gasteiger partial charge in [-0.05, 0) is 37.6 Å². The number of benzene rings is 1. The monoisotopic (exact) mass is 269 g/mol. The molecule has 0 radical (unpaired) electrons. The first kappa shape index (κ1) is 12.0. The minimum Gasteiger partial charge on any atom is -0.306 e. The van der Waals surface area contributed by atoms with Crippen LogP contribution in [0.4, 0.5) is 0 Å². The van der Waals surface area contributed by atoms with E-state index in [0.29, 0.717) is 18.0 Å². The van der Waals surface area contributed by atoms with Crippen LogP contribution >= 0.6 is 0 Å². The van der Waals surface area contributed by atoms with E-state index in [-0.39, 0.29) is 5.69 Å². The van der Waals surface area contributed by atoms with Crippen LogP contribution in [0.5, 0.6) is 0 Å². The van der Waals surface area contributed by atoms with E-state index in [1.165, 1.54) is 18.4 Å². The Hall–Kier alpha value is -1.81. The molecule has 0 aliphatic carbocycles. The van der Waals surface area contributed by atoms with Crippen LogP contribution in [0, 0.1) is 0 Å². The zero-order valence-electron chi connectivity index (χ0n) is 11.8. The van der Waals surface area contributed by atoms with Crippen molar-refractivity contribution >= 4 is 11.0 Å². The quantitative estimate of drug-likeness (QED) is 0.804. The maximum Gasteiger partial charge on any atom is 0.326 e. The van der Waals surface area contributed by atoms with Crippen molar-refractivity contribution < 1.29 is 0 Å². The number of aromatic amines is 1. The average molecular weight is 269 g/mol. The van der Waals surface area contributed by atoms with Crippen LogP contribution in [0.1, 0.15) is 24.3 Å². The second kappa shape index (κ2) is 4.09. The minimum absolute atomic E-state index is 0.0469. The fourth-order valence-corrected chi connectivity index (χ4v) is 3.83. The summed E-state index contributed by atoms with van der Waals surface area (Å²) in [5.74, 6) is 0.437. The summed E-state index contributed by atoms with van der Waals surface area (Å²) < 4.78 is 1.66. The smallest absolute Gasteiger partial charge is 0.306 e. The number of nitrogens with one attached hydrogen (secondary N) is 1. The number of H-pyrrole nitrogens is 1. The Morgan fingerprint density at radius 3 is 2.90 bits per heavy atom. The van der Waals surface area contributed by atoms with E-state index in [1.54, 1.807) is 11.6 Å². The fourth-order valence-electron chi connectivity index (χ4n) is 3.83. The molecular formula is C16H19N3O. The number of hydrogen-bond donors (Lipinski definition) is 1. The van der Waals surface area contributed by atoms with Crippen LogP contribution in [0.15, 0.2) is 35.1 Å². The summed E-state index contributed by atoms with van der Waals surface area (Å²) in [7, 11) is 4.03. The molecule has 1 N–H and O–H groups in total. The number of aromatic nitrogens is 2. The molecule has 3 atom stereocenters. The van der Waals surface area contributed by atoms with Gasteiger partial charge in [0.2, 0.25) is 0 Å².